The van der Waals surface area contributed by atoms with Crippen LogP contribution in [0.25, 0.3) is 71.0 Å². The molecule has 0 amide bonds. The van der Waals surface area contributed by atoms with Crippen LogP contribution in [0.5, 0.6) is 0 Å². The van der Waals surface area contributed by atoms with Gasteiger partial charge >= 0.3 is 0 Å². The first-order valence-corrected chi connectivity index (χ1v) is 13.8. The minimum Gasteiger partial charge on any atom is -0.310 e. The van der Waals surface area contributed by atoms with Crippen LogP contribution in [0.4, 0.5) is 5.69 Å². The zero-order chi connectivity index (χ0) is 28.2. The highest BCUT2D eigenvalue weighted by Crippen LogP contribution is 2.41. The van der Waals surface area contributed by atoms with E-state index in [1.54, 1.807) is 6.07 Å². The molecule has 194 valence electrons. The third kappa shape index (κ3) is 3.47. The maximum atomic E-state index is 9.68. The molecule has 2 aromatic heterocycles. The molecule has 8 aromatic rings. The largest absolute Gasteiger partial charge is 0.310 e. The van der Waals surface area contributed by atoms with Gasteiger partial charge in [-0.1, -0.05) is 78.9 Å². The van der Waals surface area contributed by atoms with E-state index in [1.807, 2.05) is 24.3 Å². The normalized spacial score (nSPS) is 11.3. The molecule has 0 unspecified atom stereocenters. The summed E-state index contributed by atoms with van der Waals surface area (Å²) in [6, 6.07) is 48.2. The summed E-state index contributed by atoms with van der Waals surface area (Å²) in [7, 11) is 0. The Morgan fingerprint density at radius 3 is 2.00 bits per heavy atom. The van der Waals surface area contributed by atoms with Gasteiger partial charge in [-0.2, -0.15) is 5.26 Å². The van der Waals surface area contributed by atoms with E-state index in [1.165, 1.54) is 16.3 Å². The molecule has 0 saturated heterocycles. The number of fused-ring (bicyclic) bond motifs is 6. The summed E-state index contributed by atoms with van der Waals surface area (Å²) in [5.41, 5.74) is 9.52. The third-order valence-corrected chi connectivity index (χ3v) is 8.12. The minimum absolute atomic E-state index is 0.449. The number of aromatic nitrogens is 2. The van der Waals surface area contributed by atoms with Gasteiger partial charge in [0.2, 0.25) is 0 Å². The Morgan fingerprint density at radius 2 is 1.21 bits per heavy atom. The molecule has 0 bridgehead atoms. The highest BCUT2D eigenvalue weighted by Gasteiger charge is 2.18. The predicted molar refractivity (Wildman–Crippen MR) is 172 cm³/mol. The van der Waals surface area contributed by atoms with Gasteiger partial charge in [-0.3, -0.25) is 0 Å². The molecule has 0 aliphatic carbocycles. The molecular weight excluding hydrogens is 512 g/mol. The van der Waals surface area contributed by atoms with Crippen molar-refractivity contribution in [2.75, 3.05) is 0 Å². The van der Waals surface area contributed by atoms with Gasteiger partial charge in [0.05, 0.1) is 34.7 Å². The number of rotatable bonds is 3. The number of hydrogen-bond acceptors (Lipinski definition) is 1. The summed E-state index contributed by atoms with van der Waals surface area (Å²) in [6.07, 6.45) is 0. The molecule has 4 nitrogen and oxygen atoms in total. The molecule has 0 aliphatic heterocycles. The van der Waals surface area contributed by atoms with Gasteiger partial charge in [0.1, 0.15) is 0 Å². The van der Waals surface area contributed by atoms with Crippen LogP contribution in [0.3, 0.4) is 0 Å². The number of nitriles is 1. The topological polar surface area (TPSA) is 38.0 Å². The highest BCUT2D eigenvalue weighted by molar-refractivity contribution is 6.17. The van der Waals surface area contributed by atoms with Crippen LogP contribution in [-0.4, -0.2) is 9.13 Å². The van der Waals surface area contributed by atoms with Gasteiger partial charge in [0.15, 0.2) is 5.69 Å². The van der Waals surface area contributed by atoms with Crippen molar-refractivity contribution in [1.82, 2.24) is 9.13 Å². The Labute approximate surface area is 242 Å². The van der Waals surface area contributed by atoms with E-state index in [-0.39, 0.29) is 0 Å². The van der Waals surface area contributed by atoms with Crippen molar-refractivity contribution in [1.29, 1.82) is 5.26 Å². The lowest BCUT2D eigenvalue weighted by Crippen LogP contribution is -1.95. The Hall–Kier alpha value is -6.10. The van der Waals surface area contributed by atoms with E-state index in [4.69, 9.17) is 6.57 Å². The molecule has 2 heterocycles. The smallest absolute Gasteiger partial charge is 0.190 e. The van der Waals surface area contributed by atoms with Gasteiger partial charge in [0, 0.05) is 38.5 Å². The molecule has 0 aliphatic rings. The Bertz CT molecular complexity index is 2400. The summed E-state index contributed by atoms with van der Waals surface area (Å²) in [5.74, 6) is 0. The van der Waals surface area contributed by atoms with Crippen LogP contribution in [0, 0.1) is 17.9 Å². The molecule has 0 fully saturated rings. The fourth-order valence-corrected chi connectivity index (χ4v) is 6.38. The van der Waals surface area contributed by atoms with Crippen LogP contribution in [0.15, 0.2) is 133 Å². The summed E-state index contributed by atoms with van der Waals surface area (Å²) < 4.78 is 4.51. The average molecular weight is 535 g/mol. The Balaban J connectivity index is 1.45. The quantitative estimate of drug-likeness (QED) is 0.208. The third-order valence-electron chi connectivity index (χ3n) is 8.12. The second-order valence-corrected chi connectivity index (χ2v) is 10.4. The van der Waals surface area contributed by atoms with Crippen molar-refractivity contribution >= 4 is 49.3 Å². The molecule has 0 spiro atoms. The average Bonchev–Trinajstić information content (AvgIpc) is 3.57. The van der Waals surface area contributed by atoms with Crippen LogP contribution in [0.2, 0.25) is 0 Å². The van der Waals surface area contributed by atoms with Gasteiger partial charge in [-0.15, -0.1) is 0 Å². The van der Waals surface area contributed by atoms with Crippen LogP contribution in [-0.2, 0) is 0 Å². The van der Waals surface area contributed by atoms with Crippen molar-refractivity contribution in [3.05, 3.63) is 150 Å². The standard InChI is InChI=1S/C38H22N4/c1-40-27-20-25(24-39)21-29(23-27)42-35-16-8-6-13-33(35)38-30(14-9-17-36(38)42)26-18-19-32-31-12-5-7-15-34(31)41(37(32)22-26)28-10-3-2-4-11-28/h2-23H. The second-order valence-electron chi connectivity index (χ2n) is 10.4. The van der Waals surface area contributed by atoms with E-state index in [0.29, 0.717) is 11.3 Å². The molecule has 0 saturated carbocycles. The summed E-state index contributed by atoms with van der Waals surface area (Å²) in [5, 5.41) is 14.4. The summed E-state index contributed by atoms with van der Waals surface area (Å²) in [6.45, 7) is 7.60. The molecule has 0 radical (unpaired) electrons. The molecule has 0 N–H and O–H groups in total. The fourth-order valence-electron chi connectivity index (χ4n) is 6.38. The van der Waals surface area contributed by atoms with E-state index in [9.17, 15) is 5.26 Å². The van der Waals surface area contributed by atoms with E-state index >= 15 is 0 Å². The molecule has 42 heavy (non-hydrogen) atoms. The first-order valence-electron chi connectivity index (χ1n) is 13.8. The molecule has 6 aromatic carbocycles. The number of hydrogen-bond donors (Lipinski definition) is 0. The first kappa shape index (κ1) is 23.8. The SMILES string of the molecule is [C-]#[N+]c1cc(C#N)cc(-n2c3ccccc3c3c(-c4ccc5c6ccccc6n(-c6ccccc6)c5c4)cccc32)c1. The van der Waals surface area contributed by atoms with Crippen LogP contribution in [0.1, 0.15) is 5.56 Å². The summed E-state index contributed by atoms with van der Waals surface area (Å²) in [4.78, 5) is 3.64. The van der Waals surface area contributed by atoms with Crippen molar-refractivity contribution in [2.24, 2.45) is 0 Å². The predicted octanol–water partition coefficient (Wildman–Crippen LogP) is 9.97. The minimum atomic E-state index is 0.449. The summed E-state index contributed by atoms with van der Waals surface area (Å²) >= 11 is 0. The highest BCUT2D eigenvalue weighted by atomic mass is 15.0. The van der Waals surface area contributed by atoms with Gasteiger partial charge in [-0.05, 0) is 65.7 Å². The number of nitrogens with zero attached hydrogens (tertiary/aromatic N) is 4. The Morgan fingerprint density at radius 1 is 0.548 bits per heavy atom. The van der Waals surface area contributed by atoms with E-state index in [0.717, 1.165) is 49.8 Å². The van der Waals surface area contributed by atoms with Crippen molar-refractivity contribution in [3.8, 4) is 28.6 Å². The van der Waals surface area contributed by atoms with Crippen molar-refractivity contribution in [3.63, 3.8) is 0 Å². The maximum absolute atomic E-state index is 9.68. The van der Waals surface area contributed by atoms with E-state index < -0.39 is 0 Å². The zero-order valence-electron chi connectivity index (χ0n) is 22.5. The monoisotopic (exact) mass is 534 g/mol. The Kier molecular flexibility index (Phi) is 5.22. The number of benzene rings is 6. The molecule has 8 rings (SSSR count). The van der Waals surface area contributed by atoms with Gasteiger partial charge in [-0.25, -0.2) is 4.85 Å². The molecule has 0 atom stereocenters. The van der Waals surface area contributed by atoms with Crippen molar-refractivity contribution in [2.45, 2.75) is 0 Å². The van der Waals surface area contributed by atoms with Crippen LogP contribution >= 0.6 is 0 Å². The number of para-hydroxylation sites is 3. The van der Waals surface area contributed by atoms with Crippen LogP contribution < -0.4 is 0 Å². The maximum Gasteiger partial charge on any atom is 0.190 e. The molecular formula is C38H22N4. The second kappa shape index (κ2) is 9.24. The van der Waals surface area contributed by atoms with Gasteiger partial charge in [0.25, 0.3) is 0 Å². The first-order chi connectivity index (χ1) is 20.7. The lowest BCUT2D eigenvalue weighted by molar-refractivity contribution is 1.18. The lowest BCUT2D eigenvalue weighted by Gasteiger charge is -2.11. The molecule has 4 heteroatoms. The van der Waals surface area contributed by atoms with E-state index in [2.05, 4.69) is 123 Å². The van der Waals surface area contributed by atoms with Crippen molar-refractivity contribution < 1.29 is 0 Å². The lowest BCUT2D eigenvalue weighted by atomic mass is 9.98. The zero-order valence-corrected chi connectivity index (χ0v) is 22.5. The fraction of sp³-hybridized carbons (Fsp3) is 0. The van der Waals surface area contributed by atoms with Gasteiger partial charge < -0.3 is 9.13 Å².